The minimum absolute atomic E-state index is 0.151. The zero-order valence-corrected chi connectivity index (χ0v) is 13.1. The van der Waals surface area contributed by atoms with E-state index in [-0.39, 0.29) is 11.9 Å². The molecule has 0 aliphatic carbocycles. The fourth-order valence-corrected chi connectivity index (χ4v) is 2.37. The third-order valence-electron chi connectivity index (χ3n) is 3.69. The van der Waals surface area contributed by atoms with Crippen LogP contribution in [-0.2, 0) is 13.6 Å². The molecule has 0 aliphatic rings. The molecule has 2 aromatic rings. The number of hydrogen-bond acceptors (Lipinski definition) is 3. The first kappa shape index (κ1) is 15.5. The first-order valence-electron chi connectivity index (χ1n) is 7.23. The second-order valence-electron chi connectivity index (χ2n) is 5.30. The molecule has 4 nitrogen and oxygen atoms in total. The number of benzene rings is 1. The topological polar surface area (TPSA) is 33.1 Å². The van der Waals surface area contributed by atoms with Gasteiger partial charge in [0.15, 0.2) is 0 Å². The largest absolute Gasteiger partial charge is 0.365 e. The molecule has 1 atom stereocenters. The summed E-state index contributed by atoms with van der Waals surface area (Å²) in [6, 6.07) is 5.57. The summed E-state index contributed by atoms with van der Waals surface area (Å²) in [6.07, 6.45) is 3.64. The SMILES string of the molecule is CCNC(C)c1ccc(N(C)Cc2nccn2C)c(F)c1. The van der Waals surface area contributed by atoms with Crippen molar-refractivity contribution in [3.8, 4) is 0 Å². The Kier molecular flexibility index (Phi) is 4.96. The van der Waals surface area contributed by atoms with Gasteiger partial charge in [-0.05, 0) is 31.2 Å². The maximum Gasteiger partial charge on any atom is 0.146 e. The van der Waals surface area contributed by atoms with Crippen LogP contribution >= 0.6 is 0 Å². The van der Waals surface area contributed by atoms with Gasteiger partial charge in [-0.1, -0.05) is 13.0 Å². The molecule has 1 N–H and O–H groups in total. The Bertz CT molecular complexity index is 594. The maximum atomic E-state index is 14.3. The quantitative estimate of drug-likeness (QED) is 0.888. The highest BCUT2D eigenvalue weighted by Gasteiger charge is 2.13. The van der Waals surface area contributed by atoms with Gasteiger partial charge < -0.3 is 14.8 Å². The second-order valence-corrected chi connectivity index (χ2v) is 5.30. The molecule has 1 unspecified atom stereocenters. The van der Waals surface area contributed by atoms with Gasteiger partial charge in [-0.25, -0.2) is 9.37 Å². The average Bonchev–Trinajstić information content (AvgIpc) is 2.84. The molecule has 2 rings (SSSR count). The van der Waals surface area contributed by atoms with E-state index in [4.69, 9.17) is 0 Å². The zero-order valence-electron chi connectivity index (χ0n) is 13.1. The standard InChI is InChI=1S/C16H23FN4/c1-5-18-12(2)13-6-7-15(14(17)10-13)21(4)11-16-19-8-9-20(16)3/h6-10,12,18H,5,11H2,1-4H3. The molecule has 1 aromatic heterocycles. The lowest BCUT2D eigenvalue weighted by Crippen LogP contribution is -2.21. The number of hydrogen-bond donors (Lipinski definition) is 1. The van der Waals surface area contributed by atoms with E-state index in [1.165, 1.54) is 0 Å². The van der Waals surface area contributed by atoms with Crippen molar-refractivity contribution >= 4 is 5.69 Å². The van der Waals surface area contributed by atoms with Crippen molar-refractivity contribution in [3.63, 3.8) is 0 Å². The van der Waals surface area contributed by atoms with Crippen LogP contribution in [0.25, 0.3) is 0 Å². The molecule has 0 amide bonds. The van der Waals surface area contributed by atoms with Crippen LogP contribution in [-0.4, -0.2) is 23.1 Å². The van der Waals surface area contributed by atoms with Crippen LogP contribution in [0.4, 0.5) is 10.1 Å². The number of rotatable bonds is 6. The molecule has 0 aliphatic heterocycles. The highest BCUT2D eigenvalue weighted by atomic mass is 19.1. The number of aromatic nitrogens is 2. The van der Waals surface area contributed by atoms with Crippen LogP contribution in [0.1, 0.15) is 31.3 Å². The summed E-state index contributed by atoms with van der Waals surface area (Å²) < 4.78 is 16.3. The number of imidazole rings is 1. The normalized spacial score (nSPS) is 12.4. The van der Waals surface area contributed by atoms with E-state index < -0.39 is 0 Å². The van der Waals surface area contributed by atoms with Gasteiger partial charge in [0.2, 0.25) is 0 Å². The van der Waals surface area contributed by atoms with Crippen LogP contribution in [0.5, 0.6) is 0 Å². The van der Waals surface area contributed by atoms with E-state index >= 15 is 0 Å². The van der Waals surface area contributed by atoms with Crippen LogP contribution in [0.2, 0.25) is 0 Å². The molecule has 0 saturated carbocycles. The first-order valence-corrected chi connectivity index (χ1v) is 7.23. The monoisotopic (exact) mass is 290 g/mol. The molecular weight excluding hydrogens is 267 g/mol. The highest BCUT2D eigenvalue weighted by Crippen LogP contribution is 2.23. The van der Waals surface area contributed by atoms with Gasteiger partial charge in [-0.15, -0.1) is 0 Å². The summed E-state index contributed by atoms with van der Waals surface area (Å²) in [6.45, 7) is 5.52. The van der Waals surface area contributed by atoms with E-state index in [9.17, 15) is 4.39 Å². The summed E-state index contributed by atoms with van der Waals surface area (Å²) >= 11 is 0. The van der Waals surface area contributed by atoms with E-state index in [1.807, 2.05) is 55.7 Å². The van der Waals surface area contributed by atoms with Gasteiger partial charge in [-0.2, -0.15) is 0 Å². The lowest BCUT2D eigenvalue weighted by Gasteiger charge is -2.21. The molecule has 0 spiro atoms. The van der Waals surface area contributed by atoms with Gasteiger partial charge in [0.25, 0.3) is 0 Å². The van der Waals surface area contributed by atoms with Crippen LogP contribution in [0.3, 0.4) is 0 Å². The predicted octanol–water partition coefficient (Wildman–Crippen LogP) is 2.87. The van der Waals surface area contributed by atoms with Crippen molar-refractivity contribution in [2.45, 2.75) is 26.4 Å². The Morgan fingerprint density at radius 1 is 1.43 bits per heavy atom. The number of aryl methyl sites for hydroxylation is 1. The molecule has 1 heterocycles. The lowest BCUT2D eigenvalue weighted by atomic mass is 10.1. The van der Waals surface area contributed by atoms with Gasteiger partial charge >= 0.3 is 0 Å². The fourth-order valence-electron chi connectivity index (χ4n) is 2.37. The van der Waals surface area contributed by atoms with Crippen molar-refractivity contribution in [3.05, 3.63) is 47.8 Å². The van der Waals surface area contributed by atoms with Crippen molar-refractivity contribution < 1.29 is 4.39 Å². The number of halogens is 1. The van der Waals surface area contributed by atoms with E-state index in [2.05, 4.69) is 10.3 Å². The van der Waals surface area contributed by atoms with Gasteiger partial charge in [-0.3, -0.25) is 0 Å². The van der Waals surface area contributed by atoms with Crippen LogP contribution in [0, 0.1) is 5.82 Å². The van der Waals surface area contributed by atoms with Crippen molar-refractivity contribution in [1.29, 1.82) is 0 Å². The Morgan fingerprint density at radius 2 is 2.19 bits per heavy atom. The highest BCUT2D eigenvalue weighted by molar-refractivity contribution is 5.49. The molecule has 114 valence electrons. The lowest BCUT2D eigenvalue weighted by molar-refractivity contribution is 0.581. The van der Waals surface area contributed by atoms with Gasteiger partial charge in [0.1, 0.15) is 11.6 Å². The summed E-state index contributed by atoms with van der Waals surface area (Å²) in [5.41, 5.74) is 1.55. The number of anilines is 1. The Labute approximate surface area is 125 Å². The summed E-state index contributed by atoms with van der Waals surface area (Å²) in [5, 5.41) is 3.29. The summed E-state index contributed by atoms with van der Waals surface area (Å²) in [7, 11) is 3.81. The fraction of sp³-hybridized carbons (Fsp3) is 0.438. The summed E-state index contributed by atoms with van der Waals surface area (Å²) in [5.74, 6) is 0.705. The maximum absolute atomic E-state index is 14.3. The van der Waals surface area contributed by atoms with Crippen molar-refractivity contribution in [2.75, 3.05) is 18.5 Å². The average molecular weight is 290 g/mol. The molecule has 0 saturated heterocycles. The number of nitrogens with zero attached hydrogens (tertiary/aromatic N) is 3. The number of nitrogens with one attached hydrogen (secondary N) is 1. The van der Waals surface area contributed by atoms with Crippen molar-refractivity contribution in [1.82, 2.24) is 14.9 Å². The molecule has 1 aromatic carbocycles. The Morgan fingerprint density at radius 3 is 2.76 bits per heavy atom. The Hall–Kier alpha value is -1.88. The minimum Gasteiger partial charge on any atom is -0.365 e. The van der Waals surface area contributed by atoms with Crippen molar-refractivity contribution in [2.24, 2.45) is 7.05 Å². The summed E-state index contributed by atoms with van der Waals surface area (Å²) in [4.78, 5) is 6.14. The van der Waals surface area contributed by atoms with Gasteiger partial charge in [0, 0.05) is 32.5 Å². The third kappa shape index (κ3) is 3.61. The van der Waals surface area contributed by atoms with Crippen LogP contribution in [0.15, 0.2) is 30.6 Å². The smallest absolute Gasteiger partial charge is 0.146 e. The zero-order chi connectivity index (χ0) is 15.4. The minimum atomic E-state index is -0.200. The molecule has 5 heteroatoms. The third-order valence-corrected chi connectivity index (χ3v) is 3.69. The molecule has 21 heavy (non-hydrogen) atoms. The van der Waals surface area contributed by atoms with Crippen LogP contribution < -0.4 is 10.2 Å². The molecular formula is C16H23FN4. The first-order chi connectivity index (χ1) is 10.0. The molecule has 0 bridgehead atoms. The molecule has 0 fully saturated rings. The molecule has 0 radical (unpaired) electrons. The van der Waals surface area contributed by atoms with E-state index in [0.717, 1.165) is 17.9 Å². The van der Waals surface area contributed by atoms with E-state index in [0.29, 0.717) is 12.2 Å². The van der Waals surface area contributed by atoms with E-state index in [1.54, 1.807) is 12.3 Å². The second kappa shape index (κ2) is 6.72. The predicted molar refractivity (Wildman–Crippen MR) is 83.8 cm³/mol. The van der Waals surface area contributed by atoms with Gasteiger partial charge in [0.05, 0.1) is 12.2 Å². The Balaban J connectivity index is 2.15.